The Morgan fingerprint density at radius 3 is 2.55 bits per heavy atom. The number of esters is 1. The first-order valence-corrected chi connectivity index (χ1v) is 10.9. The van der Waals surface area contributed by atoms with Gasteiger partial charge in [-0.1, -0.05) is 46.3 Å². The minimum atomic E-state index is -0.522. The third-order valence-corrected chi connectivity index (χ3v) is 6.08. The molecule has 0 unspecified atom stereocenters. The van der Waals surface area contributed by atoms with Crippen molar-refractivity contribution < 1.29 is 28.6 Å². The number of thioether (sulfide) groups is 1. The van der Waals surface area contributed by atoms with Crippen LogP contribution in [0.3, 0.4) is 0 Å². The van der Waals surface area contributed by atoms with Gasteiger partial charge in [0.1, 0.15) is 0 Å². The highest BCUT2D eigenvalue weighted by Gasteiger charge is 2.34. The molecule has 1 fully saturated rings. The van der Waals surface area contributed by atoms with E-state index in [-0.39, 0.29) is 17.8 Å². The smallest absolute Gasteiger partial charge is 0.343 e. The Labute approximate surface area is 192 Å². The summed E-state index contributed by atoms with van der Waals surface area (Å²) in [4.78, 5) is 38.0. The molecule has 0 saturated carbocycles. The van der Waals surface area contributed by atoms with Gasteiger partial charge in [0.15, 0.2) is 18.1 Å². The fraction of sp³-hybridized carbons (Fsp3) is 0.227. The van der Waals surface area contributed by atoms with E-state index >= 15 is 0 Å². The Hall–Kier alpha value is -2.78. The highest BCUT2D eigenvalue weighted by molar-refractivity contribution is 9.10. The van der Waals surface area contributed by atoms with E-state index < -0.39 is 5.97 Å². The molecule has 31 heavy (non-hydrogen) atoms. The van der Waals surface area contributed by atoms with Gasteiger partial charge in [0, 0.05) is 11.0 Å². The summed E-state index contributed by atoms with van der Waals surface area (Å²) in [5, 5.41) is -0.298. The summed E-state index contributed by atoms with van der Waals surface area (Å²) in [6, 6.07) is 13.0. The molecule has 7 nitrogen and oxygen atoms in total. The average Bonchev–Trinajstić information content (AvgIpc) is 3.04. The molecule has 162 valence electrons. The number of ether oxygens (including phenoxy) is 3. The van der Waals surface area contributed by atoms with Gasteiger partial charge < -0.3 is 14.2 Å². The molecule has 1 aliphatic rings. The predicted molar refractivity (Wildman–Crippen MR) is 121 cm³/mol. The van der Waals surface area contributed by atoms with Crippen LogP contribution in [-0.4, -0.2) is 49.4 Å². The van der Waals surface area contributed by atoms with E-state index in [0.717, 1.165) is 17.3 Å². The lowest BCUT2D eigenvalue weighted by Crippen LogP contribution is -2.30. The maximum Gasteiger partial charge on any atom is 0.343 e. The van der Waals surface area contributed by atoms with Crippen molar-refractivity contribution in [2.45, 2.75) is 6.42 Å². The molecule has 2 amide bonds. The van der Waals surface area contributed by atoms with Crippen LogP contribution in [0.2, 0.25) is 0 Å². The number of halogens is 1. The number of imide groups is 1. The number of nitrogens with zero attached hydrogens (tertiary/aromatic N) is 1. The van der Waals surface area contributed by atoms with Gasteiger partial charge in [-0.2, -0.15) is 0 Å². The Morgan fingerprint density at radius 2 is 1.87 bits per heavy atom. The molecular formula is C22H20BrNO6S. The maximum atomic E-state index is 12.8. The maximum absolute atomic E-state index is 12.8. The number of benzene rings is 2. The molecule has 1 saturated heterocycles. The van der Waals surface area contributed by atoms with Gasteiger partial charge in [0.25, 0.3) is 11.1 Å². The van der Waals surface area contributed by atoms with Gasteiger partial charge in [-0.3, -0.25) is 14.5 Å². The van der Waals surface area contributed by atoms with Gasteiger partial charge >= 0.3 is 5.97 Å². The molecule has 2 aromatic carbocycles. The Kier molecular flexibility index (Phi) is 7.75. The number of amides is 2. The van der Waals surface area contributed by atoms with E-state index in [0.29, 0.717) is 39.4 Å². The number of carbonyl (C=O) groups excluding carboxylic acids is 3. The highest BCUT2D eigenvalue weighted by atomic mass is 79.9. The molecule has 2 aromatic rings. The van der Waals surface area contributed by atoms with Gasteiger partial charge in [-0.15, -0.1) is 0 Å². The van der Waals surface area contributed by atoms with E-state index in [1.165, 1.54) is 19.1 Å². The van der Waals surface area contributed by atoms with Crippen molar-refractivity contribution in [1.82, 2.24) is 4.90 Å². The minimum Gasteiger partial charge on any atom is -0.493 e. The highest BCUT2D eigenvalue weighted by Crippen LogP contribution is 2.38. The summed E-state index contributed by atoms with van der Waals surface area (Å²) in [5.74, 6) is -0.135. The van der Waals surface area contributed by atoms with E-state index in [4.69, 9.17) is 9.47 Å². The number of hydrogen-bond acceptors (Lipinski definition) is 7. The summed E-state index contributed by atoms with van der Waals surface area (Å²) in [6.45, 7) is 0.0514. The van der Waals surface area contributed by atoms with Crippen molar-refractivity contribution >= 4 is 50.9 Å². The Bertz CT molecular complexity index is 1020. The molecular weight excluding hydrogens is 486 g/mol. The quantitative estimate of drug-likeness (QED) is 0.390. The zero-order valence-electron chi connectivity index (χ0n) is 16.9. The van der Waals surface area contributed by atoms with E-state index in [2.05, 4.69) is 20.7 Å². The molecule has 9 heteroatoms. The summed E-state index contributed by atoms with van der Waals surface area (Å²) in [6.07, 6.45) is 2.22. The third-order valence-electron chi connectivity index (χ3n) is 4.48. The van der Waals surface area contributed by atoms with Crippen LogP contribution in [0.25, 0.3) is 6.08 Å². The molecule has 0 aromatic heterocycles. The zero-order valence-corrected chi connectivity index (χ0v) is 19.3. The molecule has 0 bridgehead atoms. The molecule has 3 rings (SSSR count). The van der Waals surface area contributed by atoms with Crippen LogP contribution >= 0.6 is 27.7 Å². The van der Waals surface area contributed by atoms with Crippen LogP contribution in [0.4, 0.5) is 4.79 Å². The SMILES string of the molecule is COC(=O)COc1cc(Br)c(/C=C2\SC(=O)N(CCc3ccccc3)C2=O)cc1OC. The lowest BCUT2D eigenvalue weighted by Gasteiger charge is -2.13. The van der Waals surface area contributed by atoms with Crippen LogP contribution in [-0.2, 0) is 20.7 Å². The van der Waals surface area contributed by atoms with E-state index in [1.54, 1.807) is 18.2 Å². The monoisotopic (exact) mass is 505 g/mol. The first-order chi connectivity index (χ1) is 14.9. The average molecular weight is 506 g/mol. The summed E-state index contributed by atoms with van der Waals surface area (Å²) in [7, 11) is 2.74. The fourth-order valence-electron chi connectivity index (χ4n) is 2.85. The van der Waals surface area contributed by atoms with Gasteiger partial charge in [0.05, 0.1) is 19.1 Å². The molecule has 0 radical (unpaired) electrons. The van der Waals surface area contributed by atoms with Crippen molar-refractivity contribution in [2.75, 3.05) is 27.4 Å². The predicted octanol–water partition coefficient (Wildman–Crippen LogP) is 4.29. The van der Waals surface area contributed by atoms with Crippen LogP contribution in [0.5, 0.6) is 11.5 Å². The molecule has 0 N–H and O–H groups in total. The first kappa shape index (κ1) is 22.9. The molecule has 0 spiro atoms. The number of rotatable bonds is 8. The number of hydrogen-bond donors (Lipinski definition) is 0. The second-order valence-corrected chi connectivity index (χ2v) is 8.31. The summed E-state index contributed by atoms with van der Waals surface area (Å²) < 4.78 is 15.9. The molecule has 1 aliphatic heterocycles. The summed E-state index contributed by atoms with van der Waals surface area (Å²) in [5.41, 5.74) is 1.69. The number of carbonyl (C=O) groups is 3. The molecule has 0 aliphatic carbocycles. The van der Waals surface area contributed by atoms with Crippen LogP contribution in [0.1, 0.15) is 11.1 Å². The topological polar surface area (TPSA) is 82.1 Å². The van der Waals surface area contributed by atoms with Crippen molar-refractivity contribution in [3.63, 3.8) is 0 Å². The fourth-order valence-corrected chi connectivity index (χ4v) is 4.14. The lowest BCUT2D eigenvalue weighted by molar-refractivity contribution is -0.142. The lowest BCUT2D eigenvalue weighted by atomic mass is 10.1. The minimum absolute atomic E-state index is 0.265. The standard InChI is InChI=1S/C22H20BrNO6S/c1-28-17-10-15(16(23)12-18(17)30-13-20(25)29-2)11-19-21(26)24(22(27)31-19)9-8-14-6-4-3-5-7-14/h3-7,10-12H,8-9,13H2,1-2H3/b19-11-. The van der Waals surface area contributed by atoms with Crippen LogP contribution in [0, 0.1) is 0 Å². The van der Waals surface area contributed by atoms with E-state index in [1.807, 2.05) is 30.3 Å². The van der Waals surface area contributed by atoms with Crippen molar-refractivity contribution in [3.8, 4) is 11.5 Å². The van der Waals surface area contributed by atoms with Gasteiger partial charge in [-0.25, -0.2) is 4.79 Å². The second kappa shape index (κ2) is 10.5. The van der Waals surface area contributed by atoms with Crippen LogP contribution < -0.4 is 9.47 Å². The van der Waals surface area contributed by atoms with Gasteiger partial charge in [-0.05, 0) is 47.5 Å². The Morgan fingerprint density at radius 1 is 1.13 bits per heavy atom. The first-order valence-electron chi connectivity index (χ1n) is 9.29. The van der Waals surface area contributed by atoms with E-state index in [9.17, 15) is 14.4 Å². The van der Waals surface area contributed by atoms with Gasteiger partial charge in [0.2, 0.25) is 0 Å². The normalized spacial score (nSPS) is 14.8. The van der Waals surface area contributed by atoms with Crippen molar-refractivity contribution in [2.24, 2.45) is 0 Å². The molecule has 1 heterocycles. The largest absolute Gasteiger partial charge is 0.493 e. The zero-order chi connectivity index (χ0) is 22.4. The number of methoxy groups -OCH3 is 2. The van der Waals surface area contributed by atoms with Crippen LogP contribution in [0.15, 0.2) is 51.8 Å². The Balaban J connectivity index is 1.76. The second-order valence-electron chi connectivity index (χ2n) is 6.46. The van der Waals surface area contributed by atoms with Crippen molar-refractivity contribution in [3.05, 3.63) is 63.0 Å². The third kappa shape index (κ3) is 5.68. The van der Waals surface area contributed by atoms with Crippen molar-refractivity contribution in [1.29, 1.82) is 0 Å². The summed E-state index contributed by atoms with van der Waals surface area (Å²) >= 11 is 4.34. The molecule has 0 atom stereocenters.